The number of methoxy groups -OCH3 is 1. The van der Waals surface area contributed by atoms with Gasteiger partial charge in [0.25, 0.3) is 5.56 Å². The lowest BCUT2D eigenvalue weighted by molar-refractivity contribution is 0.0525. The topological polar surface area (TPSA) is 57.5 Å². The first-order chi connectivity index (χ1) is 12.1. The molecule has 3 rings (SSSR count). The Bertz CT molecular complexity index is 975. The van der Waals surface area contributed by atoms with Crippen LogP contribution in [0.25, 0.3) is 10.2 Å². The van der Waals surface area contributed by atoms with Gasteiger partial charge in [-0.05, 0) is 36.1 Å². The number of ether oxygens (including phenoxy) is 2. The van der Waals surface area contributed by atoms with Crippen LogP contribution in [-0.2, 0) is 11.3 Å². The molecular weight excluding hydrogens is 406 g/mol. The first-order valence-corrected chi connectivity index (χ1v) is 9.33. The van der Waals surface area contributed by atoms with E-state index >= 15 is 0 Å². The maximum absolute atomic E-state index is 12.9. The Morgan fingerprint density at radius 2 is 1.96 bits per heavy atom. The minimum atomic E-state index is -0.542. The molecule has 0 saturated heterocycles. The fourth-order valence-corrected chi connectivity index (χ4v) is 3.84. The van der Waals surface area contributed by atoms with Crippen LogP contribution in [0.4, 0.5) is 0 Å². The van der Waals surface area contributed by atoms with Crippen molar-refractivity contribution >= 4 is 43.5 Å². The third-order valence-corrected chi connectivity index (χ3v) is 5.22. The number of rotatable bonds is 5. The molecule has 0 spiro atoms. The minimum Gasteiger partial charge on any atom is -0.490 e. The number of hydrogen-bond donors (Lipinski definition) is 0. The van der Waals surface area contributed by atoms with Gasteiger partial charge >= 0.3 is 5.97 Å². The molecule has 0 atom stereocenters. The van der Waals surface area contributed by atoms with Crippen LogP contribution < -0.4 is 10.3 Å². The van der Waals surface area contributed by atoms with Gasteiger partial charge in [0.15, 0.2) is 0 Å². The summed E-state index contributed by atoms with van der Waals surface area (Å²) in [6.07, 6.45) is 0. The molecule has 0 amide bonds. The van der Waals surface area contributed by atoms with Gasteiger partial charge in [-0.1, -0.05) is 28.1 Å². The second-order valence-electron chi connectivity index (χ2n) is 5.28. The zero-order valence-corrected chi connectivity index (χ0v) is 16.1. The second-order valence-corrected chi connectivity index (χ2v) is 7.11. The quantitative estimate of drug-likeness (QED) is 0.582. The molecule has 0 N–H and O–H groups in total. The lowest BCUT2D eigenvalue weighted by atomic mass is 10.2. The molecule has 0 bridgehead atoms. The van der Waals surface area contributed by atoms with Crippen molar-refractivity contribution in [1.29, 1.82) is 0 Å². The van der Waals surface area contributed by atoms with Gasteiger partial charge in [0.1, 0.15) is 5.56 Å². The summed E-state index contributed by atoms with van der Waals surface area (Å²) in [5.41, 5.74) is 1.52. The summed E-state index contributed by atoms with van der Waals surface area (Å²) in [7, 11) is 1.39. The SMILES string of the molecule is CCOC(=O)c1c(OC)c(=O)n(Cc2ccc(Br)cc2)c2ccsc12. The first kappa shape index (κ1) is 17.7. The summed E-state index contributed by atoms with van der Waals surface area (Å²) in [6, 6.07) is 9.58. The largest absolute Gasteiger partial charge is 0.490 e. The molecule has 2 aromatic heterocycles. The van der Waals surface area contributed by atoms with Crippen molar-refractivity contribution in [2.24, 2.45) is 0 Å². The normalized spacial score (nSPS) is 10.8. The zero-order chi connectivity index (χ0) is 18.0. The van der Waals surface area contributed by atoms with Crippen LogP contribution in [0.15, 0.2) is 45.0 Å². The summed E-state index contributed by atoms with van der Waals surface area (Å²) >= 11 is 4.79. The Hall–Kier alpha value is -2.12. The number of pyridine rings is 1. The molecule has 130 valence electrons. The van der Waals surface area contributed by atoms with E-state index in [1.165, 1.54) is 18.4 Å². The molecule has 7 heteroatoms. The molecule has 2 heterocycles. The number of aromatic nitrogens is 1. The fraction of sp³-hybridized carbons (Fsp3) is 0.222. The van der Waals surface area contributed by atoms with E-state index in [-0.39, 0.29) is 23.5 Å². The van der Waals surface area contributed by atoms with Crippen molar-refractivity contribution in [3.8, 4) is 5.75 Å². The third kappa shape index (κ3) is 3.34. The van der Waals surface area contributed by atoms with Crippen LogP contribution in [-0.4, -0.2) is 24.3 Å². The molecule has 0 aliphatic carbocycles. The molecule has 25 heavy (non-hydrogen) atoms. The van der Waals surface area contributed by atoms with Gasteiger partial charge in [0.2, 0.25) is 5.75 Å². The molecule has 3 aromatic rings. The van der Waals surface area contributed by atoms with Crippen LogP contribution in [0, 0.1) is 0 Å². The van der Waals surface area contributed by atoms with Crippen LogP contribution in [0.3, 0.4) is 0 Å². The Balaban J connectivity index is 2.20. The van der Waals surface area contributed by atoms with Gasteiger partial charge in [0.05, 0.1) is 30.5 Å². The molecule has 0 radical (unpaired) electrons. The summed E-state index contributed by atoms with van der Waals surface area (Å²) < 4.78 is 13.7. The zero-order valence-electron chi connectivity index (χ0n) is 13.7. The Morgan fingerprint density at radius 3 is 2.60 bits per heavy atom. The van der Waals surface area contributed by atoms with E-state index < -0.39 is 5.97 Å². The monoisotopic (exact) mass is 421 g/mol. The Morgan fingerprint density at radius 1 is 1.24 bits per heavy atom. The Kier molecular flexibility index (Phi) is 5.24. The van der Waals surface area contributed by atoms with E-state index in [0.29, 0.717) is 16.8 Å². The predicted octanol–water partition coefficient (Wildman–Crippen LogP) is 4.06. The number of fused-ring (bicyclic) bond motifs is 1. The summed E-state index contributed by atoms with van der Waals surface area (Å²) in [5, 5.41) is 1.85. The van der Waals surface area contributed by atoms with E-state index in [0.717, 1.165) is 10.0 Å². The average molecular weight is 422 g/mol. The molecule has 5 nitrogen and oxygen atoms in total. The van der Waals surface area contributed by atoms with Gasteiger partial charge in [-0.3, -0.25) is 9.36 Å². The highest BCUT2D eigenvalue weighted by Crippen LogP contribution is 2.30. The number of carbonyl (C=O) groups excluding carboxylic acids is 1. The summed E-state index contributed by atoms with van der Waals surface area (Å²) in [6.45, 7) is 2.35. The number of nitrogens with zero attached hydrogens (tertiary/aromatic N) is 1. The van der Waals surface area contributed by atoms with Gasteiger partial charge < -0.3 is 9.47 Å². The van der Waals surface area contributed by atoms with Crippen molar-refractivity contribution in [3.05, 3.63) is 61.7 Å². The van der Waals surface area contributed by atoms with Gasteiger partial charge in [-0.15, -0.1) is 11.3 Å². The maximum Gasteiger partial charge on any atom is 0.343 e. The van der Waals surface area contributed by atoms with Gasteiger partial charge in [0, 0.05) is 4.47 Å². The molecule has 0 fully saturated rings. The van der Waals surface area contributed by atoms with Gasteiger partial charge in [-0.2, -0.15) is 0 Å². The van der Waals surface area contributed by atoms with E-state index in [1.54, 1.807) is 11.5 Å². The summed E-state index contributed by atoms with van der Waals surface area (Å²) in [4.78, 5) is 25.3. The molecule has 0 aliphatic heterocycles. The highest BCUT2D eigenvalue weighted by Gasteiger charge is 2.24. The molecule has 0 aliphatic rings. The van der Waals surface area contributed by atoms with Crippen molar-refractivity contribution in [2.75, 3.05) is 13.7 Å². The van der Waals surface area contributed by atoms with E-state index in [9.17, 15) is 9.59 Å². The minimum absolute atomic E-state index is 0.0190. The summed E-state index contributed by atoms with van der Waals surface area (Å²) in [5.74, 6) is -0.523. The molecule has 0 saturated carbocycles. The highest BCUT2D eigenvalue weighted by atomic mass is 79.9. The number of carbonyl (C=O) groups is 1. The number of benzene rings is 1. The third-order valence-electron chi connectivity index (χ3n) is 3.77. The highest BCUT2D eigenvalue weighted by molar-refractivity contribution is 9.10. The van der Waals surface area contributed by atoms with Gasteiger partial charge in [-0.25, -0.2) is 4.79 Å². The van der Waals surface area contributed by atoms with Crippen molar-refractivity contribution in [3.63, 3.8) is 0 Å². The van der Waals surface area contributed by atoms with Crippen molar-refractivity contribution < 1.29 is 14.3 Å². The first-order valence-electron chi connectivity index (χ1n) is 7.66. The number of thiophene rings is 1. The number of esters is 1. The predicted molar refractivity (Wildman–Crippen MR) is 102 cm³/mol. The second kappa shape index (κ2) is 7.41. The molecular formula is C18H16BrNO4S. The van der Waals surface area contributed by atoms with Crippen LogP contribution in [0.1, 0.15) is 22.8 Å². The maximum atomic E-state index is 12.9. The molecule has 1 aromatic carbocycles. The smallest absolute Gasteiger partial charge is 0.343 e. The van der Waals surface area contributed by atoms with E-state index in [2.05, 4.69) is 15.9 Å². The van der Waals surface area contributed by atoms with Crippen molar-refractivity contribution in [1.82, 2.24) is 4.57 Å². The van der Waals surface area contributed by atoms with E-state index in [1.807, 2.05) is 35.7 Å². The lowest BCUT2D eigenvalue weighted by Gasteiger charge is -2.14. The fourth-order valence-electron chi connectivity index (χ4n) is 2.65. The lowest BCUT2D eigenvalue weighted by Crippen LogP contribution is -2.25. The van der Waals surface area contributed by atoms with Crippen LogP contribution >= 0.6 is 27.3 Å². The van der Waals surface area contributed by atoms with E-state index in [4.69, 9.17) is 9.47 Å². The standard InChI is InChI=1S/C18H16BrNO4S/c1-3-24-18(22)14-15(23-2)17(21)20(13-8-9-25-16(13)14)10-11-4-6-12(19)7-5-11/h4-9H,3,10H2,1-2H3. The van der Waals surface area contributed by atoms with Crippen molar-refractivity contribution in [2.45, 2.75) is 13.5 Å². The van der Waals surface area contributed by atoms with Crippen LogP contribution in [0.5, 0.6) is 5.75 Å². The Labute approximate surface area is 156 Å². The number of hydrogen-bond acceptors (Lipinski definition) is 5. The molecule has 0 unspecified atom stereocenters. The average Bonchev–Trinajstić information content (AvgIpc) is 3.07. The number of halogens is 1. The van der Waals surface area contributed by atoms with Crippen LogP contribution in [0.2, 0.25) is 0 Å².